The number of hydrogen-bond donors (Lipinski definition) is 0. The first kappa shape index (κ1) is 24.7. The summed E-state index contributed by atoms with van der Waals surface area (Å²) in [5.41, 5.74) is 8.42. The molecule has 0 saturated carbocycles. The molecule has 0 nitrogen and oxygen atoms in total. The molecule has 30 heavy (non-hydrogen) atoms. The van der Waals surface area contributed by atoms with Crippen LogP contribution in [0.3, 0.4) is 0 Å². The third-order valence-electron chi connectivity index (χ3n) is 6.20. The normalized spacial score (nSPS) is 16.5. The van der Waals surface area contributed by atoms with Crippen LogP contribution in [0, 0.1) is 0 Å². The molecule has 0 radical (unpaired) electrons. The molecular weight excluding hydrogens is 519 g/mol. The molecule has 0 aromatic heterocycles. The van der Waals surface area contributed by atoms with Crippen molar-refractivity contribution in [2.75, 3.05) is 0 Å². The predicted molar refractivity (Wildman–Crippen MR) is 140 cm³/mol. The topological polar surface area (TPSA) is 0 Å². The van der Waals surface area contributed by atoms with Crippen molar-refractivity contribution in [2.24, 2.45) is 0 Å². The molecule has 2 aromatic carbocycles. The SMILES string of the molecule is CCCc1ccc2c(c1-c1cc([Si](C)(C)C)cc([Si](C)(C)C)c1)C=C(C)[CH]2[Zr]([Cl])[Cl]. The average Bonchev–Trinajstić information content (AvgIpc) is 2.95. The van der Waals surface area contributed by atoms with E-state index in [1.807, 2.05) is 0 Å². The van der Waals surface area contributed by atoms with Crippen LogP contribution >= 0.6 is 17.0 Å². The van der Waals surface area contributed by atoms with Gasteiger partial charge in [0.25, 0.3) is 0 Å². The molecular formula is C25H35Cl2Si2Zr. The van der Waals surface area contributed by atoms with Gasteiger partial charge in [-0.15, -0.1) is 0 Å². The van der Waals surface area contributed by atoms with Gasteiger partial charge in [-0.25, -0.2) is 0 Å². The molecule has 1 atom stereocenters. The van der Waals surface area contributed by atoms with Crippen LogP contribution in [0.2, 0.25) is 39.3 Å². The van der Waals surface area contributed by atoms with Crippen LogP contribution in [0.4, 0.5) is 0 Å². The van der Waals surface area contributed by atoms with Gasteiger partial charge in [-0.2, -0.15) is 0 Å². The molecule has 0 heterocycles. The Kier molecular flexibility index (Phi) is 7.53. The first-order valence-corrected chi connectivity index (χ1v) is 25.8. The summed E-state index contributed by atoms with van der Waals surface area (Å²) >= 11 is -2.44. The van der Waals surface area contributed by atoms with E-state index in [9.17, 15) is 0 Å². The molecule has 1 unspecified atom stereocenters. The number of benzene rings is 2. The molecule has 1 aliphatic rings. The van der Waals surface area contributed by atoms with Crippen LogP contribution in [0.25, 0.3) is 17.2 Å². The van der Waals surface area contributed by atoms with Crippen LogP contribution in [0.5, 0.6) is 0 Å². The van der Waals surface area contributed by atoms with Crippen LogP contribution in [0.15, 0.2) is 35.9 Å². The number of aryl methyl sites for hydroxylation is 1. The molecule has 0 N–H and O–H groups in total. The molecule has 0 spiro atoms. The predicted octanol–water partition coefficient (Wildman–Crippen LogP) is 7.78. The van der Waals surface area contributed by atoms with E-state index < -0.39 is 35.5 Å². The second-order valence-corrected chi connectivity index (χ2v) is 29.7. The fourth-order valence-electron chi connectivity index (χ4n) is 4.39. The standard InChI is InChI=1S/C25H35Si2.2ClH.Zr/c1-9-10-19-11-12-20-13-18(2)14-24(20)25(19)21-15-22(26(3,4)5)17-23(16-21)27(6,7)8;;;/h11-17H,9-10H2,1-8H3;2*1H;/q;;;+2/p-2. The van der Waals surface area contributed by atoms with E-state index in [0.29, 0.717) is 0 Å². The van der Waals surface area contributed by atoms with Gasteiger partial charge >= 0.3 is 202 Å². The molecule has 0 saturated heterocycles. The second kappa shape index (κ2) is 9.14. The number of hydrogen-bond acceptors (Lipinski definition) is 0. The summed E-state index contributed by atoms with van der Waals surface area (Å²) in [5, 5.41) is 3.14. The number of halogens is 2. The van der Waals surface area contributed by atoms with E-state index in [4.69, 9.17) is 17.0 Å². The number of allylic oxidation sites excluding steroid dienone is 1. The summed E-state index contributed by atoms with van der Waals surface area (Å²) in [5.74, 6) is 0. The van der Waals surface area contributed by atoms with Crippen molar-refractivity contribution in [1.29, 1.82) is 0 Å². The maximum atomic E-state index is 6.61. The molecule has 5 heteroatoms. The van der Waals surface area contributed by atoms with E-state index in [1.54, 1.807) is 10.4 Å². The van der Waals surface area contributed by atoms with Crippen LogP contribution in [0.1, 0.15) is 40.6 Å². The Hall–Kier alpha value is 0.0769. The third-order valence-corrected chi connectivity index (χ3v) is 15.8. The average molecular weight is 554 g/mol. The van der Waals surface area contributed by atoms with Gasteiger partial charge in [0.15, 0.2) is 0 Å². The van der Waals surface area contributed by atoms with Crippen molar-refractivity contribution in [3.63, 3.8) is 0 Å². The molecule has 0 amide bonds. The molecule has 0 aliphatic heterocycles. The zero-order valence-corrected chi connectivity index (χ0v) is 25.7. The number of rotatable bonds is 6. The van der Waals surface area contributed by atoms with Crippen molar-refractivity contribution in [1.82, 2.24) is 0 Å². The second-order valence-electron chi connectivity index (χ2n) is 10.8. The fourth-order valence-corrected chi connectivity index (χ4v) is 12.6. The molecule has 2 aromatic rings. The Morgan fingerprint density at radius 1 is 0.900 bits per heavy atom. The Balaban J connectivity index is 2.35. The summed E-state index contributed by atoms with van der Waals surface area (Å²) in [6.07, 6.45) is 4.64. The summed E-state index contributed by atoms with van der Waals surface area (Å²) in [6, 6.07) is 12.2. The van der Waals surface area contributed by atoms with Gasteiger partial charge in [-0.05, 0) is 0 Å². The summed E-state index contributed by atoms with van der Waals surface area (Å²) < 4.78 is 0.289. The summed E-state index contributed by atoms with van der Waals surface area (Å²) in [7, 11) is 10.3. The third kappa shape index (κ3) is 5.01. The molecule has 0 fully saturated rings. The van der Waals surface area contributed by atoms with E-state index in [1.165, 1.54) is 33.4 Å². The zero-order chi connectivity index (χ0) is 22.4. The van der Waals surface area contributed by atoms with Gasteiger partial charge in [0.1, 0.15) is 0 Å². The van der Waals surface area contributed by atoms with Gasteiger partial charge in [0.2, 0.25) is 0 Å². The van der Waals surface area contributed by atoms with Crippen molar-refractivity contribution < 1.29 is 19.4 Å². The Morgan fingerprint density at radius 3 is 1.93 bits per heavy atom. The molecule has 161 valence electrons. The minimum atomic E-state index is -2.44. The Labute approximate surface area is 200 Å². The van der Waals surface area contributed by atoms with E-state index >= 15 is 0 Å². The van der Waals surface area contributed by atoms with Gasteiger partial charge in [0.05, 0.1) is 0 Å². The zero-order valence-electron chi connectivity index (χ0n) is 19.7. The monoisotopic (exact) mass is 551 g/mol. The first-order valence-electron chi connectivity index (χ1n) is 11.0. The Morgan fingerprint density at radius 2 is 1.47 bits per heavy atom. The van der Waals surface area contributed by atoms with Crippen molar-refractivity contribution in [3.8, 4) is 11.1 Å². The van der Waals surface area contributed by atoms with E-state index in [-0.39, 0.29) is 3.63 Å². The summed E-state index contributed by atoms with van der Waals surface area (Å²) in [6.45, 7) is 19.2. The molecule has 1 aliphatic carbocycles. The quantitative estimate of drug-likeness (QED) is 0.321. The van der Waals surface area contributed by atoms with E-state index in [2.05, 4.69) is 89.5 Å². The first-order chi connectivity index (χ1) is 13.8. The van der Waals surface area contributed by atoms with Gasteiger partial charge in [-0.3, -0.25) is 0 Å². The molecule has 3 rings (SSSR count). The van der Waals surface area contributed by atoms with Crippen LogP contribution in [-0.4, -0.2) is 16.1 Å². The van der Waals surface area contributed by atoms with Crippen molar-refractivity contribution in [2.45, 2.75) is 69.6 Å². The van der Waals surface area contributed by atoms with Crippen LogP contribution in [-0.2, 0) is 25.8 Å². The van der Waals surface area contributed by atoms with Crippen molar-refractivity contribution in [3.05, 3.63) is 52.6 Å². The maximum absolute atomic E-state index is 6.61. The van der Waals surface area contributed by atoms with Gasteiger partial charge < -0.3 is 0 Å². The minimum absolute atomic E-state index is 0.289. The summed E-state index contributed by atoms with van der Waals surface area (Å²) in [4.78, 5) is 0. The van der Waals surface area contributed by atoms with E-state index in [0.717, 1.165) is 12.8 Å². The van der Waals surface area contributed by atoms with Gasteiger partial charge in [-0.1, -0.05) is 0 Å². The number of fused-ring (bicyclic) bond motifs is 1. The Bertz CT molecular complexity index is 950. The van der Waals surface area contributed by atoms with Crippen molar-refractivity contribution >= 4 is 49.6 Å². The molecule has 0 bridgehead atoms. The fraction of sp³-hybridized carbons (Fsp3) is 0.440. The van der Waals surface area contributed by atoms with Crippen LogP contribution < -0.4 is 10.4 Å². The van der Waals surface area contributed by atoms with Gasteiger partial charge in [0, 0.05) is 0 Å².